The number of nitrogens with zero attached hydrogens (tertiary/aromatic N) is 1. The maximum absolute atomic E-state index is 12.9. The molecule has 0 bridgehead atoms. The Morgan fingerprint density at radius 2 is 1.71 bits per heavy atom. The summed E-state index contributed by atoms with van der Waals surface area (Å²) in [5.74, 6) is 0.0482. The van der Waals surface area contributed by atoms with E-state index in [4.69, 9.17) is 0 Å². The van der Waals surface area contributed by atoms with E-state index >= 15 is 0 Å². The Bertz CT molecular complexity index is 917. The lowest BCUT2D eigenvalue weighted by Crippen LogP contribution is -2.44. The first kappa shape index (κ1) is 21.9. The molecule has 1 aliphatic carbocycles. The van der Waals surface area contributed by atoms with Crippen molar-refractivity contribution in [2.24, 2.45) is 0 Å². The highest BCUT2D eigenvalue weighted by molar-refractivity contribution is 5.79. The number of benzene rings is 2. The SMILES string of the molecule is O=C(Cc1ccc2c(c1)CCCC2)NC1CCN(Cc2cccc(C(F)(F)F)c2)CC1. The number of halogens is 3. The zero-order valence-corrected chi connectivity index (χ0v) is 17.7. The van der Waals surface area contributed by atoms with E-state index in [-0.39, 0.29) is 11.9 Å². The fourth-order valence-corrected chi connectivity index (χ4v) is 4.70. The number of rotatable bonds is 5. The normalized spacial score (nSPS) is 17.9. The van der Waals surface area contributed by atoms with Crippen molar-refractivity contribution in [1.82, 2.24) is 10.2 Å². The van der Waals surface area contributed by atoms with Gasteiger partial charge in [0.2, 0.25) is 5.91 Å². The number of carbonyl (C=O) groups excluding carboxylic acids is 1. The van der Waals surface area contributed by atoms with E-state index in [0.29, 0.717) is 18.5 Å². The Kier molecular flexibility index (Phi) is 6.65. The molecule has 0 atom stereocenters. The van der Waals surface area contributed by atoms with Gasteiger partial charge in [-0.1, -0.05) is 36.4 Å². The van der Waals surface area contributed by atoms with Crippen LogP contribution in [0.3, 0.4) is 0 Å². The zero-order valence-electron chi connectivity index (χ0n) is 17.7. The summed E-state index contributed by atoms with van der Waals surface area (Å²) < 4.78 is 38.7. The fourth-order valence-electron chi connectivity index (χ4n) is 4.70. The van der Waals surface area contributed by atoms with Crippen LogP contribution in [0, 0.1) is 0 Å². The third kappa shape index (κ3) is 5.88. The predicted molar refractivity (Wildman–Crippen MR) is 115 cm³/mol. The van der Waals surface area contributed by atoms with Gasteiger partial charge in [0.05, 0.1) is 12.0 Å². The van der Waals surface area contributed by atoms with Crippen molar-refractivity contribution in [3.05, 3.63) is 70.3 Å². The van der Waals surface area contributed by atoms with Crippen molar-refractivity contribution in [2.45, 2.75) is 63.7 Å². The van der Waals surface area contributed by atoms with E-state index in [1.807, 2.05) is 0 Å². The molecule has 0 spiro atoms. The van der Waals surface area contributed by atoms with Crippen LogP contribution in [-0.2, 0) is 36.8 Å². The van der Waals surface area contributed by atoms with Crippen LogP contribution >= 0.6 is 0 Å². The average molecular weight is 431 g/mol. The summed E-state index contributed by atoms with van der Waals surface area (Å²) in [7, 11) is 0. The minimum absolute atomic E-state index is 0.0482. The van der Waals surface area contributed by atoms with Gasteiger partial charge in [-0.15, -0.1) is 0 Å². The van der Waals surface area contributed by atoms with Gasteiger partial charge in [-0.2, -0.15) is 13.2 Å². The first-order valence-electron chi connectivity index (χ1n) is 11.2. The number of piperidine rings is 1. The topological polar surface area (TPSA) is 32.3 Å². The molecule has 3 nitrogen and oxygen atoms in total. The van der Waals surface area contributed by atoms with Crippen LogP contribution in [0.2, 0.25) is 0 Å². The van der Waals surface area contributed by atoms with Gasteiger partial charge < -0.3 is 5.32 Å². The molecule has 6 heteroatoms. The zero-order chi connectivity index (χ0) is 21.8. The molecule has 0 radical (unpaired) electrons. The third-order valence-corrected chi connectivity index (χ3v) is 6.39. The number of fused-ring (bicyclic) bond motifs is 1. The van der Waals surface area contributed by atoms with Crippen molar-refractivity contribution in [2.75, 3.05) is 13.1 Å². The molecule has 2 aromatic rings. The molecule has 1 amide bonds. The second kappa shape index (κ2) is 9.43. The molecule has 0 unspecified atom stereocenters. The Labute approximate surface area is 181 Å². The molecule has 2 aliphatic rings. The van der Waals surface area contributed by atoms with Crippen molar-refractivity contribution in [3.8, 4) is 0 Å². The number of likely N-dealkylation sites (tertiary alicyclic amines) is 1. The highest BCUT2D eigenvalue weighted by atomic mass is 19.4. The predicted octanol–water partition coefficient (Wildman–Crippen LogP) is 4.91. The highest BCUT2D eigenvalue weighted by Crippen LogP contribution is 2.30. The number of amides is 1. The maximum atomic E-state index is 12.9. The molecule has 1 fully saturated rings. The summed E-state index contributed by atoms with van der Waals surface area (Å²) in [5, 5.41) is 3.15. The standard InChI is InChI=1S/C25H29F3N2O/c26-25(27,28)22-7-3-4-19(15-22)17-30-12-10-23(11-13-30)29-24(31)16-18-8-9-20-5-1-2-6-21(20)14-18/h3-4,7-9,14-15,23H,1-2,5-6,10-13,16-17H2,(H,29,31). The number of alkyl halides is 3. The molecule has 0 aromatic heterocycles. The van der Waals surface area contributed by atoms with Crippen LogP contribution in [0.25, 0.3) is 0 Å². The van der Waals surface area contributed by atoms with Gasteiger partial charge >= 0.3 is 6.18 Å². The number of hydrogen-bond donors (Lipinski definition) is 1. The van der Waals surface area contributed by atoms with Gasteiger partial charge in [-0.25, -0.2) is 0 Å². The Balaban J connectivity index is 1.24. The number of carbonyl (C=O) groups is 1. The van der Waals surface area contributed by atoms with Crippen LogP contribution in [0.15, 0.2) is 42.5 Å². The van der Waals surface area contributed by atoms with Crippen molar-refractivity contribution < 1.29 is 18.0 Å². The van der Waals surface area contributed by atoms with Gasteiger partial charge in [0.15, 0.2) is 0 Å². The maximum Gasteiger partial charge on any atom is 0.416 e. The van der Waals surface area contributed by atoms with Crippen LogP contribution in [0.4, 0.5) is 13.2 Å². The van der Waals surface area contributed by atoms with E-state index in [1.165, 1.54) is 36.1 Å². The van der Waals surface area contributed by atoms with Gasteiger partial charge in [0, 0.05) is 25.7 Å². The van der Waals surface area contributed by atoms with Gasteiger partial charge in [0.25, 0.3) is 0 Å². The average Bonchev–Trinajstić information content (AvgIpc) is 2.75. The quantitative estimate of drug-likeness (QED) is 0.731. The lowest BCUT2D eigenvalue weighted by Gasteiger charge is -2.32. The smallest absolute Gasteiger partial charge is 0.353 e. The number of hydrogen-bond acceptors (Lipinski definition) is 2. The second-order valence-corrected chi connectivity index (χ2v) is 8.80. The van der Waals surface area contributed by atoms with Crippen molar-refractivity contribution >= 4 is 5.91 Å². The summed E-state index contributed by atoms with van der Waals surface area (Å²) in [6.45, 7) is 2.03. The molecular weight excluding hydrogens is 401 g/mol. The highest BCUT2D eigenvalue weighted by Gasteiger charge is 2.30. The first-order chi connectivity index (χ1) is 14.9. The summed E-state index contributed by atoms with van der Waals surface area (Å²) in [6, 6.07) is 12.1. The second-order valence-electron chi connectivity index (χ2n) is 8.80. The number of nitrogens with one attached hydrogen (secondary N) is 1. The molecule has 0 saturated carbocycles. The Morgan fingerprint density at radius 1 is 0.968 bits per heavy atom. The molecule has 31 heavy (non-hydrogen) atoms. The molecule has 1 saturated heterocycles. The van der Waals surface area contributed by atoms with E-state index in [2.05, 4.69) is 28.4 Å². The molecule has 1 aliphatic heterocycles. The number of aryl methyl sites for hydroxylation is 2. The van der Waals surface area contributed by atoms with Crippen LogP contribution in [-0.4, -0.2) is 29.9 Å². The van der Waals surface area contributed by atoms with E-state index < -0.39 is 11.7 Å². The van der Waals surface area contributed by atoms with Crippen LogP contribution in [0.5, 0.6) is 0 Å². The van der Waals surface area contributed by atoms with Crippen molar-refractivity contribution in [3.63, 3.8) is 0 Å². The lowest BCUT2D eigenvalue weighted by atomic mass is 9.90. The lowest BCUT2D eigenvalue weighted by molar-refractivity contribution is -0.137. The monoisotopic (exact) mass is 430 g/mol. The fraction of sp³-hybridized carbons (Fsp3) is 0.480. The van der Waals surface area contributed by atoms with Gasteiger partial charge in [-0.3, -0.25) is 9.69 Å². The van der Waals surface area contributed by atoms with Crippen LogP contribution in [0.1, 0.15) is 53.5 Å². The summed E-state index contributed by atoms with van der Waals surface area (Å²) in [6.07, 6.45) is 2.43. The summed E-state index contributed by atoms with van der Waals surface area (Å²) >= 11 is 0. The van der Waals surface area contributed by atoms with Gasteiger partial charge in [-0.05, 0) is 66.8 Å². The first-order valence-corrected chi connectivity index (χ1v) is 11.2. The largest absolute Gasteiger partial charge is 0.416 e. The minimum atomic E-state index is -4.31. The van der Waals surface area contributed by atoms with E-state index in [9.17, 15) is 18.0 Å². The molecule has 1 N–H and O–H groups in total. The van der Waals surface area contributed by atoms with Crippen LogP contribution < -0.4 is 5.32 Å². The van der Waals surface area contributed by atoms with E-state index in [0.717, 1.165) is 50.4 Å². The third-order valence-electron chi connectivity index (χ3n) is 6.39. The van der Waals surface area contributed by atoms with Crippen molar-refractivity contribution in [1.29, 1.82) is 0 Å². The summed E-state index contributed by atoms with van der Waals surface area (Å²) in [5.41, 5.74) is 3.95. The Hall–Kier alpha value is -2.34. The van der Waals surface area contributed by atoms with E-state index in [1.54, 1.807) is 6.07 Å². The molecule has 166 valence electrons. The molecule has 4 rings (SSSR count). The molecule has 2 aromatic carbocycles. The molecule has 1 heterocycles. The minimum Gasteiger partial charge on any atom is -0.353 e. The van der Waals surface area contributed by atoms with Gasteiger partial charge in [0.1, 0.15) is 0 Å². The molecular formula is C25H29F3N2O. The Morgan fingerprint density at radius 3 is 2.45 bits per heavy atom. The summed E-state index contributed by atoms with van der Waals surface area (Å²) in [4.78, 5) is 14.7.